The van der Waals surface area contributed by atoms with E-state index in [-0.39, 0.29) is 16.2 Å². The molecule has 118 valence electrons. The number of hydrogen-bond acceptors (Lipinski definition) is 3. The van der Waals surface area contributed by atoms with Crippen LogP contribution in [0.1, 0.15) is 50.0 Å². The van der Waals surface area contributed by atoms with Crippen LogP contribution in [0.4, 0.5) is 0 Å². The Hall–Kier alpha value is -1.07. The SMILES string of the molecule is CCc1ccc(S(=O)(=O)Cl)cc1C(=O)NCC(C)(C)CC. The van der Waals surface area contributed by atoms with Crippen molar-refractivity contribution in [2.24, 2.45) is 5.41 Å². The molecule has 0 heterocycles. The Labute approximate surface area is 131 Å². The highest BCUT2D eigenvalue weighted by Crippen LogP contribution is 2.21. The first-order valence-electron chi connectivity index (χ1n) is 6.96. The van der Waals surface area contributed by atoms with Gasteiger partial charge in [-0.3, -0.25) is 4.79 Å². The summed E-state index contributed by atoms with van der Waals surface area (Å²) >= 11 is 0. The summed E-state index contributed by atoms with van der Waals surface area (Å²) in [6.45, 7) is 8.63. The summed E-state index contributed by atoms with van der Waals surface area (Å²) in [6, 6.07) is 4.40. The number of carbonyl (C=O) groups excluding carboxylic acids is 1. The maximum Gasteiger partial charge on any atom is 0.261 e. The first-order valence-corrected chi connectivity index (χ1v) is 9.27. The highest BCUT2D eigenvalue weighted by atomic mass is 35.7. The monoisotopic (exact) mass is 331 g/mol. The molecule has 0 aromatic heterocycles. The lowest BCUT2D eigenvalue weighted by atomic mass is 9.90. The van der Waals surface area contributed by atoms with E-state index in [0.29, 0.717) is 18.5 Å². The molecule has 6 heteroatoms. The fourth-order valence-electron chi connectivity index (χ4n) is 1.77. The molecule has 1 aromatic rings. The van der Waals surface area contributed by atoms with Crippen molar-refractivity contribution in [3.05, 3.63) is 29.3 Å². The minimum Gasteiger partial charge on any atom is -0.351 e. The molecule has 0 aliphatic carbocycles. The highest BCUT2D eigenvalue weighted by molar-refractivity contribution is 8.13. The third kappa shape index (κ3) is 5.00. The second-order valence-electron chi connectivity index (χ2n) is 5.81. The highest BCUT2D eigenvalue weighted by Gasteiger charge is 2.20. The summed E-state index contributed by atoms with van der Waals surface area (Å²) in [4.78, 5) is 12.3. The van der Waals surface area contributed by atoms with Crippen LogP contribution < -0.4 is 5.32 Å². The lowest BCUT2D eigenvalue weighted by Gasteiger charge is -2.23. The van der Waals surface area contributed by atoms with E-state index in [9.17, 15) is 13.2 Å². The Kier molecular flexibility index (Phi) is 5.82. The van der Waals surface area contributed by atoms with Crippen LogP contribution in [0.5, 0.6) is 0 Å². The molecular formula is C15H22ClNO3S. The summed E-state index contributed by atoms with van der Waals surface area (Å²) in [6.07, 6.45) is 1.58. The summed E-state index contributed by atoms with van der Waals surface area (Å²) in [5.74, 6) is -0.268. The van der Waals surface area contributed by atoms with Crippen LogP contribution >= 0.6 is 10.7 Å². The molecule has 0 atom stereocenters. The van der Waals surface area contributed by atoms with Crippen molar-refractivity contribution in [1.82, 2.24) is 5.32 Å². The van der Waals surface area contributed by atoms with Crippen molar-refractivity contribution in [2.75, 3.05) is 6.54 Å². The van der Waals surface area contributed by atoms with Gasteiger partial charge in [-0.1, -0.05) is 33.8 Å². The van der Waals surface area contributed by atoms with Gasteiger partial charge in [-0.25, -0.2) is 8.42 Å². The van der Waals surface area contributed by atoms with Gasteiger partial charge in [0.1, 0.15) is 0 Å². The number of rotatable bonds is 6. The third-order valence-corrected chi connectivity index (χ3v) is 5.02. The van der Waals surface area contributed by atoms with Crippen LogP contribution in [-0.4, -0.2) is 20.9 Å². The lowest BCUT2D eigenvalue weighted by Crippen LogP contribution is -2.34. The molecule has 0 fully saturated rings. The fraction of sp³-hybridized carbons (Fsp3) is 0.533. The Morgan fingerprint density at radius 3 is 2.38 bits per heavy atom. The number of nitrogens with one attached hydrogen (secondary N) is 1. The smallest absolute Gasteiger partial charge is 0.261 e. The van der Waals surface area contributed by atoms with Gasteiger partial charge >= 0.3 is 0 Å². The molecule has 21 heavy (non-hydrogen) atoms. The van der Waals surface area contributed by atoms with Crippen molar-refractivity contribution >= 4 is 25.6 Å². The van der Waals surface area contributed by atoms with Crippen LogP contribution in [0.2, 0.25) is 0 Å². The summed E-state index contributed by atoms with van der Waals surface area (Å²) in [7, 11) is 1.50. The second kappa shape index (κ2) is 6.79. The molecule has 4 nitrogen and oxygen atoms in total. The lowest BCUT2D eigenvalue weighted by molar-refractivity contribution is 0.0934. The molecule has 0 spiro atoms. The van der Waals surface area contributed by atoms with Crippen LogP contribution in [-0.2, 0) is 15.5 Å². The first kappa shape index (κ1) is 18.0. The van der Waals surface area contributed by atoms with Crippen LogP contribution in [0.25, 0.3) is 0 Å². The van der Waals surface area contributed by atoms with Crippen LogP contribution in [0, 0.1) is 5.41 Å². The van der Waals surface area contributed by atoms with Gasteiger partial charge in [-0.05, 0) is 36.0 Å². The van der Waals surface area contributed by atoms with E-state index in [1.807, 2.05) is 6.92 Å². The molecular weight excluding hydrogens is 310 g/mol. The Morgan fingerprint density at radius 1 is 1.29 bits per heavy atom. The molecule has 1 N–H and O–H groups in total. The standard InChI is InChI=1S/C15H22ClNO3S/c1-5-11-7-8-12(21(16,19)20)9-13(11)14(18)17-10-15(3,4)6-2/h7-9H,5-6,10H2,1-4H3,(H,17,18). The van der Waals surface area contributed by atoms with E-state index in [1.165, 1.54) is 12.1 Å². The molecule has 0 radical (unpaired) electrons. The van der Waals surface area contributed by atoms with Gasteiger partial charge in [0.25, 0.3) is 15.0 Å². The molecule has 0 saturated carbocycles. The Bertz CT molecular complexity index is 624. The number of halogens is 1. The number of benzene rings is 1. The van der Waals surface area contributed by atoms with E-state index in [2.05, 4.69) is 26.1 Å². The van der Waals surface area contributed by atoms with Gasteiger partial charge in [0, 0.05) is 22.8 Å². The normalized spacial score (nSPS) is 12.2. The number of hydrogen-bond donors (Lipinski definition) is 1. The van der Waals surface area contributed by atoms with E-state index in [4.69, 9.17) is 10.7 Å². The van der Waals surface area contributed by atoms with Gasteiger partial charge in [0.15, 0.2) is 0 Å². The quantitative estimate of drug-likeness (QED) is 0.813. The predicted octanol–water partition coefficient (Wildman–Crippen LogP) is 3.34. The molecule has 0 bridgehead atoms. The molecule has 1 rings (SSSR count). The van der Waals surface area contributed by atoms with Crippen molar-refractivity contribution in [2.45, 2.75) is 45.4 Å². The molecule has 0 saturated heterocycles. The summed E-state index contributed by atoms with van der Waals surface area (Å²) in [5, 5.41) is 2.87. The fourth-order valence-corrected chi connectivity index (χ4v) is 2.54. The van der Waals surface area contributed by atoms with Gasteiger partial charge in [0.2, 0.25) is 0 Å². The average molecular weight is 332 g/mol. The maximum atomic E-state index is 12.3. The largest absolute Gasteiger partial charge is 0.351 e. The molecule has 0 aliphatic heterocycles. The molecule has 0 unspecified atom stereocenters. The molecule has 1 aromatic carbocycles. The van der Waals surface area contributed by atoms with Crippen LogP contribution in [0.3, 0.4) is 0 Å². The zero-order valence-electron chi connectivity index (χ0n) is 12.9. The second-order valence-corrected chi connectivity index (χ2v) is 8.38. The predicted molar refractivity (Wildman–Crippen MR) is 85.3 cm³/mol. The van der Waals surface area contributed by atoms with E-state index < -0.39 is 9.05 Å². The van der Waals surface area contributed by atoms with Crippen LogP contribution in [0.15, 0.2) is 23.1 Å². The third-order valence-electron chi connectivity index (χ3n) is 3.67. The minimum absolute atomic E-state index is 0.00178. The maximum absolute atomic E-state index is 12.3. The molecule has 0 aliphatic rings. The van der Waals surface area contributed by atoms with Gasteiger partial charge in [-0.2, -0.15) is 0 Å². The zero-order valence-corrected chi connectivity index (χ0v) is 14.4. The number of amides is 1. The van der Waals surface area contributed by atoms with Crippen molar-refractivity contribution in [3.63, 3.8) is 0 Å². The van der Waals surface area contributed by atoms with Gasteiger partial charge in [0.05, 0.1) is 4.90 Å². The minimum atomic E-state index is -3.84. The summed E-state index contributed by atoms with van der Waals surface area (Å²) in [5.41, 5.74) is 1.16. The number of aryl methyl sites for hydroxylation is 1. The Balaban J connectivity index is 3.07. The Morgan fingerprint density at radius 2 is 1.90 bits per heavy atom. The van der Waals surface area contributed by atoms with E-state index >= 15 is 0 Å². The van der Waals surface area contributed by atoms with Crippen molar-refractivity contribution < 1.29 is 13.2 Å². The van der Waals surface area contributed by atoms with Gasteiger partial charge < -0.3 is 5.32 Å². The topological polar surface area (TPSA) is 63.2 Å². The van der Waals surface area contributed by atoms with E-state index in [0.717, 1.165) is 12.0 Å². The summed E-state index contributed by atoms with van der Waals surface area (Å²) < 4.78 is 22.8. The van der Waals surface area contributed by atoms with E-state index in [1.54, 1.807) is 6.07 Å². The van der Waals surface area contributed by atoms with Gasteiger partial charge in [-0.15, -0.1) is 0 Å². The van der Waals surface area contributed by atoms with Crippen molar-refractivity contribution in [1.29, 1.82) is 0 Å². The molecule has 1 amide bonds. The first-order chi connectivity index (χ1) is 9.60. The zero-order chi connectivity index (χ0) is 16.3. The number of carbonyl (C=O) groups is 1. The average Bonchev–Trinajstić information content (AvgIpc) is 2.43. The van der Waals surface area contributed by atoms with Crippen molar-refractivity contribution in [3.8, 4) is 0 Å².